The van der Waals surface area contributed by atoms with Crippen LogP contribution in [0.25, 0.3) is 0 Å². The highest BCUT2D eigenvalue weighted by Crippen LogP contribution is 2.40. The van der Waals surface area contributed by atoms with Crippen LogP contribution in [-0.4, -0.2) is 29.2 Å². The van der Waals surface area contributed by atoms with Crippen molar-refractivity contribution in [3.05, 3.63) is 7.43 Å². The minimum atomic E-state index is -0.952. The SMILES string of the molecule is CON1C(C)(C)CC(C(=O)[O-])CC1(C)C.[CH3+]. The Kier molecular flexibility index (Phi) is 4.42. The lowest BCUT2D eigenvalue weighted by Gasteiger charge is -2.53. The average Bonchev–Trinajstić information content (AvgIpc) is 1.99. The van der Waals surface area contributed by atoms with Gasteiger partial charge in [-0.3, -0.25) is 0 Å². The van der Waals surface area contributed by atoms with E-state index in [1.807, 2.05) is 32.8 Å². The van der Waals surface area contributed by atoms with Crippen LogP contribution in [0.4, 0.5) is 0 Å². The molecule has 0 aliphatic carbocycles. The van der Waals surface area contributed by atoms with Gasteiger partial charge in [-0.2, -0.15) is 5.06 Å². The van der Waals surface area contributed by atoms with Crippen molar-refractivity contribution in [2.45, 2.75) is 51.6 Å². The largest absolute Gasteiger partial charge is 0.550 e. The van der Waals surface area contributed by atoms with E-state index in [1.54, 1.807) is 7.11 Å². The van der Waals surface area contributed by atoms with Crippen molar-refractivity contribution in [2.24, 2.45) is 5.92 Å². The molecule has 94 valence electrons. The van der Waals surface area contributed by atoms with Gasteiger partial charge in [0.25, 0.3) is 0 Å². The lowest BCUT2D eigenvalue weighted by molar-refractivity contribution is -0.324. The second kappa shape index (κ2) is 4.63. The van der Waals surface area contributed by atoms with Crippen LogP contribution in [0.3, 0.4) is 0 Å². The lowest BCUT2D eigenvalue weighted by atomic mass is 9.75. The Hall–Kier alpha value is -0.740. The molecule has 0 unspecified atom stereocenters. The van der Waals surface area contributed by atoms with E-state index in [2.05, 4.69) is 0 Å². The highest BCUT2D eigenvalue weighted by molar-refractivity contribution is 5.68. The van der Waals surface area contributed by atoms with Gasteiger partial charge >= 0.3 is 0 Å². The molecule has 0 bridgehead atoms. The molecule has 0 N–H and O–H groups in total. The van der Waals surface area contributed by atoms with Crippen molar-refractivity contribution in [1.82, 2.24) is 5.06 Å². The third-order valence-electron chi connectivity index (χ3n) is 3.11. The minimum Gasteiger partial charge on any atom is -0.550 e. The second-order valence-electron chi connectivity index (χ2n) is 5.53. The van der Waals surface area contributed by atoms with Gasteiger partial charge in [0.05, 0.1) is 7.11 Å². The fourth-order valence-electron chi connectivity index (χ4n) is 2.92. The fourth-order valence-corrected chi connectivity index (χ4v) is 2.92. The first-order chi connectivity index (χ1) is 6.70. The Balaban J connectivity index is 0.00000225. The molecule has 16 heavy (non-hydrogen) atoms. The molecule has 1 aliphatic rings. The standard InChI is InChI=1S/C11H21NO3.CH3/c1-10(2)6-8(9(13)14)7-11(3,4)12(10)15-5;/h8H,6-7H2,1-5H3,(H,13,14);1H3/q;+1/p-1. The Labute approximate surface area is 98.5 Å². The van der Waals surface area contributed by atoms with Gasteiger partial charge in [0.1, 0.15) is 0 Å². The number of piperidine rings is 1. The van der Waals surface area contributed by atoms with Crippen molar-refractivity contribution in [3.8, 4) is 0 Å². The third-order valence-corrected chi connectivity index (χ3v) is 3.11. The van der Waals surface area contributed by atoms with Gasteiger partial charge in [-0.1, -0.05) is 0 Å². The maximum atomic E-state index is 11.0. The lowest BCUT2D eigenvalue weighted by Crippen LogP contribution is -2.61. The highest BCUT2D eigenvalue weighted by atomic mass is 16.7. The van der Waals surface area contributed by atoms with Gasteiger partial charge in [0.2, 0.25) is 0 Å². The first-order valence-electron chi connectivity index (χ1n) is 5.26. The van der Waals surface area contributed by atoms with Crippen LogP contribution in [0.1, 0.15) is 40.5 Å². The Morgan fingerprint density at radius 1 is 1.25 bits per heavy atom. The first-order valence-corrected chi connectivity index (χ1v) is 5.26. The van der Waals surface area contributed by atoms with Crippen LogP contribution in [0, 0.1) is 13.3 Å². The summed E-state index contributed by atoms with van der Waals surface area (Å²) in [6, 6.07) is 0. The van der Waals surface area contributed by atoms with Gasteiger partial charge < -0.3 is 14.7 Å². The molecule has 0 radical (unpaired) electrons. The van der Waals surface area contributed by atoms with E-state index in [0.29, 0.717) is 12.8 Å². The second-order valence-corrected chi connectivity index (χ2v) is 5.53. The molecule has 0 aromatic rings. The minimum absolute atomic E-state index is 0. The van der Waals surface area contributed by atoms with E-state index in [-0.39, 0.29) is 24.4 Å². The highest BCUT2D eigenvalue weighted by Gasteiger charge is 2.46. The summed E-state index contributed by atoms with van der Waals surface area (Å²) in [4.78, 5) is 16.3. The molecular weight excluding hydrogens is 206 g/mol. The number of aliphatic carboxylic acids is 1. The van der Waals surface area contributed by atoms with Crippen molar-refractivity contribution >= 4 is 5.97 Å². The number of nitrogens with zero attached hydrogens (tertiary/aromatic N) is 1. The topological polar surface area (TPSA) is 52.6 Å². The number of carboxylic acids is 1. The predicted molar refractivity (Wildman–Crippen MR) is 61.2 cm³/mol. The molecule has 0 atom stereocenters. The van der Waals surface area contributed by atoms with Crippen LogP contribution >= 0.6 is 0 Å². The van der Waals surface area contributed by atoms with E-state index in [1.165, 1.54) is 0 Å². The molecule has 4 nitrogen and oxygen atoms in total. The van der Waals surface area contributed by atoms with Crippen LogP contribution in [0.5, 0.6) is 0 Å². The summed E-state index contributed by atoms with van der Waals surface area (Å²) >= 11 is 0. The van der Waals surface area contributed by atoms with Gasteiger partial charge in [0.15, 0.2) is 0 Å². The zero-order valence-electron chi connectivity index (χ0n) is 11.2. The quantitative estimate of drug-likeness (QED) is 0.663. The molecule has 0 aromatic carbocycles. The number of hydrogen-bond donors (Lipinski definition) is 0. The maximum absolute atomic E-state index is 11.0. The number of carbonyl (C=O) groups is 1. The number of carbonyl (C=O) groups excluding carboxylic acids is 1. The molecule has 0 amide bonds. The van der Waals surface area contributed by atoms with Crippen molar-refractivity contribution in [2.75, 3.05) is 7.11 Å². The van der Waals surface area contributed by atoms with Crippen LogP contribution in [0.2, 0.25) is 0 Å². The third kappa shape index (κ3) is 2.68. The molecule has 1 aliphatic heterocycles. The summed E-state index contributed by atoms with van der Waals surface area (Å²) in [6.45, 7) is 7.97. The Bertz CT molecular complexity index is 243. The van der Waals surface area contributed by atoms with Gasteiger partial charge in [-0.05, 0) is 40.5 Å². The van der Waals surface area contributed by atoms with E-state index >= 15 is 0 Å². The molecule has 0 spiro atoms. The van der Waals surface area contributed by atoms with Crippen molar-refractivity contribution < 1.29 is 14.7 Å². The van der Waals surface area contributed by atoms with E-state index in [4.69, 9.17) is 4.84 Å². The van der Waals surface area contributed by atoms with Crippen molar-refractivity contribution in [3.63, 3.8) is 0 Å². The predicted octanol–water partition coefficient (Wildman–Crippen LogP) is 1.02. The number of carboxylic acid groups (broad SMARTS) is 1. The van der Waals surface area contributed by atoms with Crippen LogP contribution in [0.15, 0.2) is 0 Å². The van der Waals surface area contributed by atoms with Crippen LogP contribution in [-0.2, 0) is 9.63 Å². The van der Waals surface area contributed by atoms with Crippen LogP contribution < -0.4 is 5.11 Å². The Morgan fingerprint density at radius 2 is 1.62 bits per heavy atom. The normalized spacial score (nSPS) is 24.8. The smallest absolute Gasteiger partial charge is 0.0575 e. The number of hydrogen-bond acceptors (Lipinski definition) is 4. The van der Waals surface area contributed by atoms with Gasteiger partial charge in [-0.15, -0.1) is 0 Å². The summed E-state index contributed by atoms with van der Waals surface area (Å²) in [7, 11) is 1.63. The van der Waals surface area contributed by atoms with E-state index in [9.17, 15) is 9.90 Å². The van der Waals surface area contributed by atoms with Crippen molar-refractivity contribution in [1.29, 1.82) is 0 Å². The molecule has 4 heteroatoms. The first kappa shape index (κ1) is 15.3. The number of hydroxylamine groups is 2. The summed E-state index contributed by atoms with van der Waals surface area (Å²) in [5.74, 6) is -1.34. The molecule has 0 aromatic heterocycles. The molecule has 1 fully saturated rings. The summed E-state index contributed by atoms with van der Waals surface area (Å²) in [6.07, 6.45) is 1.12. The molecule has 1 rings (SSSR count). The zero-order chi connectivity index (χ0) is 11.9. The fraction of sp³-hybridized carbons (Fsp3) is 0.833. The summed E-state index contributed by atoms with van der Waals surface area (Å²) in [5.41, 5.74) is -0.553. The average molecular weight is 229 g/mol. The van der Waals surface area contributed by atoms with Gasteiger partial charge in [-0.25, -0.2) is 0 Å². The molecule has 1 saturated heterocycles. The summed E-state index contributed by atoms with van der Waals surface area (Å²) in [5, 5.41) is 12.8. The molecule has 0 saturated carbocycles. The molecular formula is C12H23NO3. The van der Waals surface area contributed by atoms with E-state index < -0.39 is 5.97 Å². The molecule has 1 heterocycles. The zero-order valence-corrected chi connectivity index (χ0v) is 11.2. The number of rotatable bonds is 2. The van der Waals surface area contributed by atoms with E-state index in [0.717, 1.165) is 0 Å². The monoisotopic (exact) mass is 229 g/mol. The summed E-state index contributed by atoms with van der Waals surface area (Å²) < 4.78 is 0. The van der Waals surface area contributed by atoms with Gasteiger partial charge in [0, 0.05) is 30.4 Å². The maximum Gasteiger partial charge on any atom is 0.0575 e. The Morgan fingerprint density at radius 3 is 1.88 bits per heavy atom.